The Balaban J connectivity index is 2.35. The Morgan fingerprint density at radius 2 is 1.16 bits per heavy atom. The number of hydrogen-bond acceptors (Lipinski definition) is 0. The van der Waals surface area contributed by atoms with Crippen molar-refractivity contribution in [3.8, 4) is 11.1 Å². The van der Waals surface area contributed by atoms with Gasteiger partial charge in [0.1, 0.15) is 0 Å². The smallest absolute Gasteiger partial charge is 0.0267 e. The fourth-order valence-corrected chi connectivity index (χ4v) is 5.92. The van der Waals surface area contributed by atoms with Crippen LogP contribution in [0, 0.1) is 11.8 Å². The van der Waals surface area contributed by atoms with Gasteiger partial charge in [0, 0.05) is 14.4 Å². The SMILES string of the molecule is CCCC(C)C1(C(C)CCC)c2cc(Br)ccc2-c2ccc(Br)cc21. The van der Waals surface area contributed by atoms with Gasteiger partial charge in [-0.1, -0.05) is 84.5 Å². The first-order valence-corrected chi connectivity index (χ1v) is 11.2. The molecule has 0 radical (unpaired) electrons. The highest BCUT2D eigenvalue weighted by Gasteiger charge is 2.49. The van der Waals surface area contributed by atoms with Crippen molar-refractivity contribution >= 4 is 31.9 Å². The van der Waals surface area contributed by atoms with E-state index in [-0.39, 0.29) is 5.41 Å². The molecule has 0 heterocycles. The Morgan fingerprint density at radius 1 is 0.760 bits per heavy atom. The molecule has 1 aliphatic rings. The van der Waals surface area contributed by atoms with Gasteiger partial charge in [-0.3, -0.25) is 0 Å². The molecule has 0 saturated carbocycles. The molecule has 1 aliphatic carbocycles. The van der Waals surface area contributed by atoms with E-state index >= 15 is 0 Å². The van der Waals surface area contributed by atoms with Crippen LogP contribution in [-0.2, 0) is 5.41 Å². The normalized spacial score (nSPS) is 17.0. The average molecular weight is 464 g/mol. The average Bonchev–Trinajstić information content (AvgIpc) is 2.84. The lowest BCUT2D eigenvalue weighted by molar-refractivity contribution is 0.222. The first-order valence-electron chi connectivity index (χ1n) is 9.57. The fourth-order valence-electron chi connectivity index (χ4n) is 5.20. The lowest BCUT2D eigenvalue weighted by Crippen LogP contribution is -2.40. The molecule has 3 rings (SSSR count). The molecule has 134 valence electrons. The molecule has 2 unspecified atom stereocenters. The quantitative estimate of drug-likeness (QED) is 0.403. The van der Waals surface area contributed by atoms with Gasteiger partial charge >= 0.3 is 0 Å². The van der Waals surface area contributed by atoms with Crippen molar-refractivity contribution in [2.45, 2.75) is 58.8 Å². The van der Waals surface area contributed by atoms with Gasteiger partial charge in [0.05, 0.1) is 0 Å². The van der Waals surface area contributed by atoms with E-state index in [2.05, 4.69) is 96.0 Å². The summed E-state index contributed by atoms with van der Waals surface area (Å²) in [5.41, 5.74) is 6.01. The van der Waals surface area contributed by atoms with E-state index in [4.69, 9.17) is 0 Å². The Morgan fingerprint density at radius 3 is 1.52 bits per heavy atom. The van der Waals surface area contributed by atoms with Crippen LogP contribution in [0.1, 0.15) is 64.5 Å². The van der Waals surface area contributed by atoms with Crippen LogP contribution in [0.5, 0.6) is 0 Å². The zero-order valence-electron chi connectivity index (χ0n) is 15.7. The van der Waals surface area contributed by atoms with Crippen molar-refractivity contribution in [1.82, 2.24) is 0 Å². The van der Waals surface area contributed by atoms with Crippen molar-refractivity contribution in [2.24, 2.45) is 11.8 Å². The zero-order chi connectivity index (χ0) is 18.2. The van der Waals surface area contributed by atoms with Gasteiger partial charge in [-0.2, -0.15) is 0 Å². The molecular formula is C23H28Br2. The van der Waals surface area contributed by atoms with Crippen LogP contribution in [0.15, 0.2) is 45.3 Å². The predicted molar refractivity (Wildman–Crippen MR) is 116 cm³/mol. The highest BCUT2D eigenvalue weighted by molar-refractivity contribution is 9.10. The van der Waals surface area contributed by atoms with E-state index in [1.807, 2.05) is 0 Å². The zero-order valence-corrected chi connectivity index (χ0v) is 18.9. The molecular weight excluding hydrogens is 436 g/mol. The topological polar surface area (TPSA) is 0 Å². The summed E-state index contributed by atoms with van der Waals surface area (Å²) in [6, 6.07) is 13.8. The van der Waals surface area contributed by atoms with Crippen LogP contribution in [0.4, 0.5) is 0 Å². The second kappa shape index (κ2) is 7.56. The second-order valence-corrected chi connectivity index (χ2v) is 9.46. The summed E-state index contributed by atoms with van der Waals surface area (Å²) in [6.07, 6.45) is 4.97. The Bertz CT molecular complexity index is 697. The third-order valence-corrected chi connectivity index (χ3v) is 7.13. The van der Waals surface area contributed by atoms with Crippen LogP contribution in [0.25, 0.3) is 11.1 Å². The maximum absolute atomic E-state index is 3.74. The van der Waals surface area contributed by atoms with E-state index in [0.29, 0.717) is 11.8 Å². The Labute approximate surface area is 169 Å². The highest BCUT2D eigenvalue weighted by atomic mass is 79.9. The van der Waals surface area contributed by atoms with Gasteiger partial charge in [0.25, 0.3) is 0 Å². The summed E-state index contributed by atoms with van der Waals surface area (Å²) >= 11 is 7.49. The molecule has 0 bridgehead atoms. The number of halogens is 2. The van der Waals surface area contributed by atoms with Gasteiger partial charge in [0.2, 0.25) is 0 Å². The summed E-state index contributed by atoms with van der Waals surface area (Å²) in [5, 5.41) is 0. The number of fused-ring (bicyclic) bond motifs is 3. The van der Waals surface area contributed by atoms with Gasteiger partial charge in [-0.05, 0) is 71.2 Å². The molecule has 2 aromatic carbocycles. The molecule has 0 aromatic heterocycles. The maximum Gasteiger partial charge on any atom is 0.0267 e. The first kappa shape index (κ1) is 19.2. The molecule has 2 atom stereocenters. The minimum atomic E-state index is 0.101. The van der Waals surface area contributed by atoms with Crippen molar-refractivity contribution in [2.75, 3.05) is 0 Å². The number of benzene rings is 2. The largest absolute Gasteiger partial charge is 0.0654 e. The molecule has 2 aromatic rings. The summed E-state index contributed by atoms with van der Waals surface area (Å²) in [7, 11) is 0. The fraction of sp³-hybridized carbons (Fsp3) is 0.478. The Hall–Kier alpha value is -0.600. The van der Waals surface area contributed by atoms with Gasteiger partial charge in [-0.15, -0.1) is 0 Å². The summed E-state index contributed by atoms with van der Waals surface area (Å²) < 4.78 is 2.38. The van der Waals surface area contributed by atoms with Crippen LogP contribution < -0.4 is 0 Å². The molecule has 0 N–H and O–H groups in total. The summed E-state index contributed by atoms with van der Waals surface area (Å²) in [5.74, 6) is 1.23. The van der Waals surface area contributed by atoms with Crippen LogP contribution in [0.3, 0.4) is 0 Å². The minimum absolute atomic E-state index is 0.101. The van der Waals surface area contributed by atoms with Crippen LogP contribution in [0.2, 0.25) is 0 Å². The number of hydrogen-bond donors (Lipinski definition) is 0. The maximum atomic E-state index is 3.74. The van der Waals surface area contributed by atoms with Gasteiger partial charge < -0.3 is 0 Å². The van der Waals surface area contributed by atoms with E-state index in [0.717, 1.165) is 0 Å². The third kappa shape index (κ3) is 3.04. The van der Waals surface area contributed by atoms with Gasteiger partial charge in [-0.25, -0.2) is 0 Å². The molecule has 0 nitrogen and oxygen atoms in total. The molecule has 0 spiro atoms. The number of rotatable bonds is 6. The van der Waals surface area contributed by atoms with Gasteiger partial charge in [0.15, 0.2) is 0 Å². The monoisotopic (exact) mass is 462 g/mol. The molecule has 25 heavy (non-hydrogen) atoms. The first-order chi connectivity index (χ1) is 12.0. The standard InChI is InChI=1S/C23H28Br2/c1-5-7-15(3)23(16(4)8-6-2)21-13-17(24)9-11-19(21)20-12-10-18(25)14-22(20)23/h9-16H,5-8H2,1-4H3. The lowest BCUT2D eigenvalue weighted by atomic mass is 9.60. The summed E-state index contributed by atoms with van der Waals surface area (Å²) in [6.45, 7) is 9.56. The van der Waals surface area contributed by atoms with Crippen molar-refractivity contribution in [3.63, 3.8) is 0 Å². The van der Waals surface area contributed by atoms with E-state index < -0.39 is 0 Å². The third-order valence-electron chi connectivity index (χ3n) is 6.14. The molecule has 0 saturated heterocycles. The van der Waals surface area contributed by atoms with Crippen LogP contribution >= 0.6 is 31.9 Å². The van der Waals surface area contributed by atoms with E-state index in [9.17, 15) is 0 Å². The molecule has 2 heteroatoms. The minimum Gasteiger partial charge on any atom is -0.0654 e. The summed E-state index contributed by atoms with van der Waals surface area (Å²) in [4.78, 5) is 0. The predicted octanol–water partition coefficient (Wildman–Crippen LogP) is 8.35. The van der Waals surface area contributed by atoms with Crippen molar-refractivity contribution in [3.05, 3.63) is 56.5 Å². The van der Waals surface area contributed by atoms with E-state index in [1.165, 1.54) is 56.9 Å². The lowest BCUT2D eigenvalue weighted by Gasteiger charge is -2.43. The molecule has 0 fully saturated rings. The second-order valence-electron chi connectivity index (χ2n) is 7.63. The van der Waals surface area contributed by atoms with Crippen LogP contribution in [-0.4, -0.2) is 0 Å². The van der Waals surface area contributed by atoms with E-state index in [1.54, 1.807) is 0 Å². The molecule has 0 aliphatic heterocycles. The van der Waals surface area contributed by atoms with Crippen molar-refractivity contribution in [1.29, 1.82) is 0 Å². The molecule has 0 amide bonds. The Kier molecular flexibility index (Phi) is 5.80. The van der Waals surface area contributed by atoms with Crippen molar-refractivity contribution < 1.29 is 0 Å². The highest BCUT2D eigenvalue weighted by Crippen LogP contribution is 2.59.